The van der Waals surface area contributed by atoms with Gasteiger partial charge in [0.25, 0.3) is 0 Å². The summed E-state index contributed by atoms with van der Waals surface area (Å²) in [5, 5.41) is 3.24. The molecule has 0 aromatic rings. The second kappa shape index (κ2) is 3.71. The molecule has 0 fully saturated rings. The lowest BCUT2D eigenvalue weighted by molar-refractivity contribution is -0.113. The molecule has 0 aromatic carbocycles. The minimum atomic E-state index is -4.12. The molecule has 9 heavy (non-hydrogen) atoms. The van der Waals surface area contributed by atoms with Gasteiger partial charge in [0.05, 0.1) is 0 Å². The Bertz CT molecular complexity index is 69.1. The van der Waals surface area contributed by atoms with Gasteiger partial charge in [0.1, 0.15) is 0 Å². The van der Waals surface area contributed by atoms with Gasteiger partial charge in [0.2, 0.25) is 0 Å². The van der Waals surface area contributed by atoms with E-state index in [2.05, 4.69) is 5.32 Å². The van der Waals surface area contributed by atoms with Gasteiger partial charge >= 0.3 is 6.18 Å². The summed E-state index contributed by atoms with van der Waals surface area (Å²) in [4.78, 5) is 0. The normalized spacial score (nSPS) is 12.0. The number of rotatable bonds is 3. The van der Waals surface area contributed by atoms with Gasteiger partial charge in [-0.2, -0.15) is 13.2 Å². The number of hydrogen-bond donors (Lipinski definition) is 0. The second-order valence-corrected chi connectivity index (χ2v) is 1.72. The largest absolute Gasteiger partial charge is 0.655 e. The summed E-state index contributed by atoms with van der Waals surface area (Å²) >= 11 is 0. The van der Waals surface area contributed by atoms with Crippen LogP contribution in [-0.2, 0) is 0 Å². The van der Waals surface area contributed by atoms with Crippen LogP contribution in [0.4, 0.5) is 13.2 Å². The maximum Gasteiger partial charge on any atom is 0.371 e. The van der Waals surface area contributed by atoms with Gasteiger partial charge in [-0.3, -0.25) is 0 Å². The molecular formula is C5H9F3N-. The monoisotopic (exact) mass is 140 g/mol. The van der Waals surface area contributed by atoms with E-state index in [0.29, 0.717) is 13.0 Å². The highest BCUT2D eigenvalue weighted by molar-refractivity contribution is 4.81. The molecule has 0 N–H and O–H groups in total. The zero-order valence-electron chi connectivity index (χ0n) is 5.20. The molecule has 0 heterocycles. The van der Waals surface area contributed by atoms with Gasteiger partial charge < -0.3 is 5.32 Å². The van der Waals surface area contributed by atoms with Crippen LogP contribution in [0.2, 0.25) is 0 Å². The average Bonchev–Trinajstić information content (AvgIpc) is 1.63. The Kier molecular flexibility index (Phi) is 3.61. The highest BCUT2D eigenvalue weighted by atomic mass is 19.4. The van der Waals surface area contributed by atoms with E-state index < -0.39 is 12.7 Å². The lowest BCUT2D eigenvalue weighted by Crippen LogP contribution is -2.13. The highest BCUT2D eigenvalue weighted by Crippen LogP contribution is 2.16. The molecule has 1 nitrogen and oxygen atoms in total. The van der Waals surface area contributed by atoms with Crippen LogP contribution in [0.3, 0.4) is 0 Å². The van der Waals surface area contributed by atoms with Crippen LogP contribution in [0.25, 0.3) is 5.32 Å². The van der Waals surface area contributed by atoms with Crippen molar-refractivity contribution >= 4 is 0 Å². The molecular weight excluding hydrogens is 131 g/mol. The Labute approximate surface area is 52.2 Å². The first-order valence-electron chi connectivity index (χ1n) is 2.76. The fraction of sp³-hybridized carbons (Fsp3) is 1.00. The standard InChI is InChI=1S/C5H9F3N/c1-2-3-9-4-5(6,7)8/h2-4H2,1H3/q-1. The highest BCUT2D eigenvalue weighted by Gasteiger charge is 2.20. The van der Waals surface area contributed by atoms with Crippen molar-refractivity contribution in [3.63, 3.8) is 0 Å². The molecule has 4 heteroatoms. The van der Waals surface area contributed by atoms with E-state index in [1.54, 1.807) is 6.92 Å². The smallest absolute Gasteiger partial charge is 0.371 e. The van der Waals surface area contributed by atoms with Gasteiger partial charge in [0.15, 0.2) is 0 Å². The van der Waals surface area contributed by atoms with Crippen LogP contribution in [0.1, 0.15) is 13.3 Å². The zero-order valence-corrected chi connectivity index (χ0v) is 5.20. The molecule has 0 rings (SSSR count). The first kappa shape index (κ1) is 8.75. The van der Waals surface area contributed by atoms with Crippen LogP contribution in [0, 0.1) is 0 Å². The van der Waals surface area contributed by atoms with Crippen LogP contribution in [-0.4, -0.2) is 19.3 Å². The summed E-state index contributed by atoms with van der Waals surface area (Å²) in [6.45, 7) is 1.10. The summed E-state index contributed by atoms with van der Waals surface area (Å²) < 4.78 is 33.9. The predicted molar refractivity (Wildman–Crippen MR) is 29.4 cm³/mol. The van der Waals surface area contributed by atoms with Crippen molar-refractivity contribution in [2.75, 3.05) is 13.1 Å². The molecule has 0 radical (unpaired) electrons. The first-order valence-corrected chi connectivity index (χ1v) is 2.76. The molecule has 0 spiro atoms. The Morgan fingerprint density at radius 1 is 1.33 bits per heavy atom. The molecule has 0 bridgehead atoms. The van der Waals surface area contributed by atoms with Crippen molar-refractivity contribution in [1.82, 2.24) is 0 Å². The Morgan fingerprint density at radius 2 is 1.89 bits per heavy atom. The molecule has 0 atom stereocenters. The molecule has 0 saturated heterocycles. The molecule has 0 saturated carbocycles. The van der Waals surface area contributed by atoms with Gasteiger partial charge in [-0.05, 0) is 0 Å². The van der Waals surface area contributed by atoms with Crippen LogP contribution in [0.15, 0.2) is 0 Å². The van der Waals surface area contributed by atoms with E-state index in [9.17, 15) is 13.2 Å². The number of halogens is 3. The Morgan fingerprint density at radius 3 is 2.22 bits per heavy atom. The van der Waals surface area contributed by atoms with E-state index in [4.69, 9.17) is 0 Å². The van der Waals surface area contributed by atoms with Crippen LogP contribution < -0.4 is 0 Å². The summed E-state index contributed by atoms with van der Waals surface area (Å²) in [7, 11) is 0. The lowest BCUT2D eigenvalue weighted by atomic mass is 10.5. The van der Waals surface area contributed by atoms with Crippen LogP contribution in [0.5, 0.6) is 0 Å². The van der Waals surface area contributed by atoms with Crippen molar-refractivity contribution in [2.45, 2.75) is 19.5 Å². The summed E-state index contributed by atoms with van der Waals surface area (Å²) in [5.41, 5.74) is 0. The molecule has 0 aliphatic rings. The average molecular weight is 140 g/mol. The molecule has 0 aliphatic heterocycles. The number of alkyl halides is 3. The van der Waals surface area contributed by atoms with Crippen molar-refractivity contribution in [1.29, 1.82) is 0 Å². The minimum absolute atomic E-state index is 0.305. The third-order valence-electron chi connectivity index (χ3n) is 0.673. The fourth-order valence-electron chi connectivity index (χ4n) is 0.364. The Balaban J connectivity index is 3.07. The van der Waals surface area contributed by atoms with Crippen LogP contribution >= 0.6 is 0 Å². The fourth-order valence-corrected chi connectivity index (χ4v) is 0.364. The number of nitrogens with zero attached hydrogens (tertiary/aromatic N) is 1. The summed E-state index contributed by atoms with van der Waals surface area (Å²) in [6.07, 6.45) is -3.44. The molecule has 0 amide bonds. The molecule has 56 valence electrons. The molecule has 0 aliphatic carbocycles. The van der Waals surface area contributed by atoms with Gasteiger partial charge in [-0.25, -0.2) is 0 Å². The second-order valence-electron chi connectivity index (χ2n) is 1.72. The molecule has 0 aromatic heterocycles. The quantitative estimate of drug-likeness (QED) is 0.534. The number of hydrogen-bond acceptors (Lipinski definition) is 0. The topological polar surface area (TPSA) is 14.1 Å². The van der Waals surface area contributed by atoms with E-state index >= 15 is 0 Å². The Hall–Kier alpha value is -0.250. The summed E-state index contributed by atoms with van der Waals surface area (Å²) in [6, 6.07) is 0. The maximum atomic E-state index is 11.3. The van der Waals surface area contributed by atoms with Gasteiger partial charge in [-0.1, -0.05) is 19.9 Å². The summed E-state index contributed by atoms with van der Waals surface area (Å²) in [5.74, 6) is 0. The van der Waals surface area contributed by atoms with Crippen molar-refractivity contribution < 1.29 is 13.2 Å². The lowest BCUT2D eigenvalue weighted by Gasteiger charge is -2.19. The van der Waals surface area contributed by atoms with E-state index in [-0.39, 0.29) is 0 Å². The van der Waals surface area contributed by atoms with Crippen molar-refractivity contribution in [3.05, 3.63) is 5.32 Å². The minimum Gasteiger partial charge on any atom is -0.655 e. The maximum absolute atomic E-state index is 11.3. The van der Waals surface area contributed by atoms with E-state index in [0.717, 1.165) is 0 Å². The third-order valence-corrected chi connectivity index (χ3v) is 0.673. The van der Waals surface area contributed by atoms with Crippen molar-refractivity contribution in [3.8, 4) is 0 Å². The van der Waals surface area contributed by atoms with E-state index in [1.807, 2.05) is 0 Å². The van der Waals surface area contributed by atoms with E-state index in [1.165, 1.54) is 0 Å². The first-order chi connectivity index (χ1) is 4.06. The third kappa shape index (κ3) is 7.75. The zero-order chi connectivity index (χ0) is 7.33. The predicted octanol–water partition coefficient (Wildman–Crippen LogP) is 2.33. The molecule has 0 unspecified atom stereocenters. The van der Waals surface area contributed by atoms with Crippen molar-refractivity contribution in [2.24, 2.45) is 0 Å². The SMILES string of the molecule is CCC[N-]CC(F)(F)F. The van der Waals surface area contributed by atoms with Gasteiger partial charge in [0, 0.05) is 0 Å². The van der Waals surface area contributed by atoms with Gasteiger partial charge in [-0.15, -0.1) is 6.54 Å².